The molecule has 0 bridgehead atoms. The average molecular weight is 341 g/mol. The Bertz CT molecular complexity index is 847. The molecule has 0 fully saturated rings. The van der Waals surface area contributed by atoms with E-state index < -0.39 is 0 Å². The van der Waals surface area contributed by atoms with E-state index in [0.717, 1.165) is 15.9 Å². The summed E-state index contributed by atoms with van der Waals surface area (Å²) in [5.74, 6) is 0.237. The Kier molecular flexibility index (Phi) is 4.71. The van der Waals surface area contributed by atoms with E-state index >= 15 is 0 Å². The Morgan fingerprint density at radius 1 is 1.17 bits per heavy atom. The predicted octanol–water partition coefficient (Wildman–Crippen LogP) is 3.40. The van der Waals surface area contributed by atoms with Crippen molar-refractivity contribution in [3.05, 3.63) is 47.2 Å². The third-order valence-corrected chi connectivity index (χ3v) is 4.33. The lowest BCUT2D eigenvalue weighted by Crippen LogP contribution is -2.31. The Hall–Kier alpha value is -2.54. The molecule has 0 radical (unpaired) electrons. The van der Waals surface area contributed by atoms with Gasteiger partial charge in [-0.05, 0) is 44.4 Å². The van der Waals surface area contributed by atoms with Gasteiger partial charge in [-0.25, -0.2) is 9.97 Å². The highest BCUT2D eigenvalue weighted by Gasteiger charge is 2.18. The number of rotatable bonds is 5. The van der Waals surface area contributed by atoms with E-state index in [4.69, 9.17) is 0 Å². The SMILES string of the molecule is CC(C)NC(=O)c1nc(NC(C)c2ccccn2)nc2ccsc12. The standard InChI is InChI=1S/C17H19N5OS/c1-10(2)19-16(23)14-15-13(7-9-24-15)21-17(22-14)20-11(3)12-6-4-5-8-18-12/h4-11H,1-3H3,(H,19,23)(H,20,21,22). The van der Waals surface area contributed by atoms with Crippen molar-refractivity contribution in [2.45, 2.75) is 32.9 Å². The van der Waals surface area contributed by atoms with E-state index in [2.05, 4.69) is 25.6 Å². The van der Waals surface area contributed by atoms with Crippen LogP contribution in [0.15, 0.2) is 35.8 Å². The number of hydrogen-bond donors (Lipinski definition) is 2. The first-order valence-corrected chi connectivity index (χ1v) is 8.66. The Morgan fingerprint density at radius 2 is 2.00 bits per heavy atom. The quantitative estimate of drug-likeness (QED) is 0.743. The van der Waals surface area contributed by atoms with Crippen LogP contribution < -0.4 is 10.6 Å². The number of carbonyl (C=O) groups is 1. The highest BCUT2D eigenvalue weighted by atomic mass is 32.1. The van der Waals surface area contributed by atoms with E-state index in [9.17, 15) is 4.79 Å². The molecule has 3 rings (SSSR count). The van der Waals surface area contributed by atoms with Crippen LogP contribution in [-0.2, 0) is 0 Å². The van der Waals surface area contributed by atoms with Gasteiger partial charge in [0.2, 0.25) is 5.95 Å². The first-order chi connectivity index (χ1) is 11.5. The number of pyridine rings is 1. The summed E-state index contributed by atoms with van der Waals surface area (Å²) in [6.45, 7) is 5.83. The fourth-order valence-electron chi connectivity index (χ4n) is 2.31. The minimum atomic E-state index is -0.187. The molecule has 0 saturated heterocycles. The third-order valence-electron chi connectivity index (χ3n) is 3.42. The van der Waals surface area contributed by atoms with Gasteiger partial charge in [0, 0.05) is 12.2 Å². The first-order valence-electron chi connectivity index (χ1n) is 7.78. The van der Waals surface area contributed by atoms with E-state index in [-0.39, 0.29) is 18.0 Å². The van der Waals surface area contributed by atoms with Crippen LogP contribution in [0.4, 0.5) is 5.95 Å². The number of aromatic nitrogens is 3. The molecule has 6 nitrogen and oxygen atoms in total. The largest absolute Gasteiger partial charge is 0.348 e. The van der Waals surface area contributed by atoms with Crippen molar-refractivity contribution in [3.8, 4) is 0 Å². The van der Waals surface area contributed by atoms with Crippen molar-refractivity contribution in [1.82, 2.24) is 20.3 Å². The number of hydrogen-bond acceptors (Lipinski definition) is 6. The molecule has 0 aromatic carbocycles. The molecule has 0 aliphatic rings. The zero-order valence-electron chi connectivity index (χ0n) is 13.8. The molecule has 7 heteroatoms. The molecule has 3 aromatic heterocycles. The second-order valence-electron chi connectivity index (χ2n) is 5.78. The summed E-state index contributed by atoms with van der Waals surface area (Å²) >= 11 is 1.47. The lowest BCUT2D eigenvalue weighted by molar-refractivity contribution is 0.0940. The number of anilines is 1. The maximum Gasteiger partial charge on any atom is 0.271 e. The van der Waals surface area contributed by atoms with Gasteiger partial charge in [-0.1, -0.05) is 6.07 Å². The molecule has 0 saturated carbocycles. The molecule has 2 N–H and O–H groups in total. The summed E-state index contributed by atoms with van der Waals surface area (Å²) in [6, 6.07) is 7.62. The molecule has 1 amide bonds. The van der Waals surface area contributed by atoms with Gasteiger partial charge >= 0.3 is 0 Å². The number of carbonyl (C=O) groups excluding carboxylic acids is 1. The molecule has 0 aliphatic carbocycles. The molecule has 3 aromatic rings. The van der Waals surface area contributed by atoms with Crippen molar-refractivity contribution < 1.29 is 4.79 Å². The molecule has 0 spiro atoms. The molecule has 24 heavy (non-hydrogen) atoms. The number of amides is 1. The van der Waals surface area contributed by atoms with Gasteiger partial charge in [0.15, 0.2) is 5.69 Å². The van der Waals surface area contributed by atoms with Gasteiger partial charge in [0.25, 0.3) is 5.91 Å². The molecule has 3 heterocycles. The van der Waals surface area contributed by atoms with Crippen LogP contribution >= 0.6 is 11.3 Å². The summed E-state index contributed by atoms with van der Waals surface area (Å²) in [5.41, 5.74) is 2.05. The zero-order chi connectivity index (χ0) is 17.1. The van der Waals surface area contributed by atoms with E-state index in [1.54, 1.807) is 6.20 Å². The number of nitrogens with zero attached hydrogens (tertiary/aromatic N) is 3. The Labute approximate surface area is 144 Å². The van der Waals surface area contributed by atoms with Crippen LogP contribution in [0, 0.1) is 0 Å². The summed E-state index contributed by atoms with van der Waals surface area (Å²) in [6.07, 6.45) is 1.75. The van der Waals surface area contributed by atoms with Crippen molar-refractivity contribution in [3.63, 3.8) is 0 Å². The second kappa shape index (κ2) is 6.92. The van der Waals surface area contributed by atoms with Crippen LogP contribution in [0.1, 0.15) is 43.0 Å². The fraction of sp³-hybridized carbons (Fsp3) is 0.294. The lowest BCUT2D eigenvalue weighted by Gasteiger charge is -2.14. The summed E-state index contributed by atoms with van der Waals surface area (Å²) in [7, 11) is 0. The van der Waals surface area contributed by atoms with Gasteiger partial charge in [0.05, 0.1) is 22.0 Å². The van der Waals surface area contributed by atoms with Crippen molar-refractivity contribution >= 4 is 33.4 Å². The normalized spacial score (nSPS) is 12.3. The van der Waals surface area contributed by atoms with Crippen LogP contribution in [0.3, 0.4) is 0 Å². The maximum atomic E-state index is 12.4. The summed E-state index contributed by atoms with van der Waals surface area (Å²) in [4.78, 5) is 25.7. The second-order valence-corrected chi connectivity index (χ2v) is 6.70. The minimum absolute atomic E-state index is 0.0475. The molecular weight excluding hydrogens is 322 g/mol. The zero-order valence-corrected chi connectivity index (χ0v) is 14.6. The summed E-state index contributed by atoms with van der Waals surface area (Å²) in [5, 5.41) is 8.03. The van der Waals surface area contributed by atoms with Gasteiger partial charge in [-0.2, -0.15) is 0 Å². The average Bonchev–Trinajstić information content (AvgIpc) is 3.02. The highest BCUT2D eigenvalue weighted by molar-refractivity contribution is 7.17. The summed E-state index contributed by atoms with van der Waals surface area (Å²) < 4.78 is 0.796. The minimum Gasteiger partial charge on any atom is -0.348 e. The van der Waals surface area contributed by atoms with E-state index in [0.29, 0.717) is 11.6 Å². The monoisotopic (exact) mass is 341 g/mol. The van der Waals surface area contributed by atoms with E-state index in [1.807, 2.05) is 50.4 Å². The fourth-order valence-corrected chi connectivity index (χ4v) is 3.13. The smallest absolute Gasteiger partial charge is 0.271 e. The first kappa shape index (κ1) is 16.3. The highest BCUT2D eigenvalue weighted by Crippen LogP contribution is 2.25. The van der Waals surface area contributed by atoms with Crippen LogP contribution in [0.25, 0.3) is 10.2 Å². The molecule has 1 unspecified atom stereocenters. The molecule has 124 valence electrons. The van der Waals surface area contributed by atoms with Gasteiger partial charge in [0.1, 0.15) is 0 Å². The Balaban J connectivity index is 1.93. The predicted molar refractivity (Wildman–Crippen MR) is 96.3 cm³/mol. The van der Waals surface area contributed by atoms with Crippen LogP contribution in [-0.4, -0.2) is 26.9 Å². The molecule has 1 atom stereocenters. The number of thiophene rings is 1. The number of nitrogens with one attached hydrogen (secondary N) is 2. The molecule has 0 aliphatic heterocycles. The lowest BCUT2D eigenvalue weighted by atomic mass is 10.2. The van der Waals surface area contributed by atoms with Crippen molar-refractivity contribution in [1.29, 1.82) is 0 Å². The third kappa shape index (κ3) is 3.51. The van der Waals surface area contributed by atoms with Crippen LogP contribution in [0.5, 0.6) is 0 Å². The van der Waals surface area contributed by atoms with Gasteiger partial charge < -0.3 is 10.6 Å². The Morgan fingerprint density at radius 3 is 2.71 bits per heavy atom. The molecular formula is C17H19N5OS. The maximum absolute atomic E-state index is 12.4. The van der Waals surface area contributed by atoms with E-state index in [1.165, 1.54) is 11.3 Å². The van der Waals surface area contributed by atoms with Crippen LogP contribution in [0.2, 0.25) is 0 Å². The van der Waals surface area contributed by atoms with Crippen molar-refractivity contribution in [2.75, 3.05) is 5.32 Å². The van der Waals surface area contributed by atoms with Gasteiger partial charge in [-0.3, -0.25) is 9.78 Å². The number of fused-ring (bicyclic) bond motifs is 1. The van der Waals surface area contributed by atoms with Crippen molar-refractivity contribution in [2.24, 2.45) is 0 Å². The van der Waals surface area contributed by atoms with Gasteiger partial charge in [-0.15, -0.1) is 11.3 Å². The topological polar surface area (TPSA) is 79.8 Å².